The number of carbonyl (C=O) groups excluding carboxylic acids is 3. The van der Waals surface area contributed by atoms with Crippen molar-refractivity contribution in [2.45, 2.75) is 26.4 Å². The molecule has 0 aromatic heterocycles. The van der Waals surface area contributed by atoms with Crippen LogP contribution in [0.1, 0.15) is 25.8 Å². The Hall–Kier alpha value is -2.20. The van der Waals surface area contributed by atoms with Gasteiger partial charge in [-0.25, -0.2) is 4.79 Å². The van der Waals surface area contributed by atoms with Crippen LogP contribution in [0.5, 0.6) is 11.5 Å². The van der Waals surface area contributed by atoms with Gasteiger partial charge in [0, 0.05) is 10.0 Å². The minimum atomic E-state index is -0.856. The van der Waals surface area contributed by atoms with Crippen LogP contribution in [0, 0.1) is 23.7 Å². The number of methoxy groups -OCH3 is 1. The molecule has 0 radical (unpaired) electrons. The maximum absolute atomic E-state index is 12.8. The summed E-state index contributed by atoms with van der Waals surface area (Å²) in [6, 6.07) is 1.66. The molecule has 32 heavy (non-hydrogen) atoms. The number of ether oxygens (including phenoxy) is 3. The number of esters is 1. The SMILES string of the molecule is CCOc1cc(C=NN2C(=O)[C@@H]3[C@H](C2=O)[C@H]2C=C[C@H]3C2)c(Br)c(Br)c1O[C@@H](C)C(=O)OC. The summed E-state index contributed by atoms with van der Waals surface area (Å²) in [5.74, 6) is -0.696. The van der Waals surface area contributed by atoms with E-state index in [0.717, 1.165) is 11.4 Å². The minimum absolute atomic E-state index is 0.125. The predicted octanol–water partition coefficient (Wildman–Crippen LogP) is 3.69. The van der Waals surface area contributed by atoms with Crippen molar-refractivity contribution < 1.29 is 28.6 Å². The smallest absolute Gasteiger partial charge is 0.346 e. The van der Waals surface area contributed by atoms with Crippen LogP contribution >= 0.6 is 31.9 Å². The van der Waals surface area contributed by atoms with Crippen molar-refractivity contribution in [3.05, 3.63) is 32.7 Å². The van der Waals surface area contributed by atoms with Crippen molar-refractivity contribution in [3.8, 4) is 11.5 Å². The van der Waals surface area contributed by atoms with Crippen molar-refractivity contribution in [2.24, 2.45) is 28.8 Å². The molecule has 1 aromatic rings. The molecular weight excluding hydrogens is 548 g/mol. The Morgan fingerprint density at radius 2 is 1.84 bits per heavy atom. The van der Waals surface area contributed by atoms with E-state index in [1.807, 2.05) is 19.1 Å². The van der Waals surface area contributed by atoms with Crippen LogP contribution < -0.4 is 9.47 Å². The highest BCUT2D eigenvalue weighted by molar-refractivity contribution is 9.13. The summed E-state index contributed by atoms with van der Waals surface area (Å²) in [5.41, 5.74) is 0.567. The Labute approximate surface area is 202 Å². The zero-order valence-corrected chi connectivity index (χ0v) is 20.9. The largest absolute Gasteiger partial charge is 0.490 e. The molecule has 1 aromatic carbocycles. The molecule has 10 heteroatoms. The fourth-order valence-corrected chi connectivity index (χ4v) is 5.50. The van der Waals surface area contributed by atoms with Crippen molar-refractivity contribution in [3.63, 3.8) is 0 Å². The summed E-state index contributed by atoms with van der Waals surface area (Å²) in [6.45, 7) is 3.75. The number of benzene rings is 1. The van der Waals surface area contributed by atoms with Gasteiger partial charge in [-0.05, 0) is 70.0 Å². The quantitative estimate of drug-likeness (QED) is 0.215. The third-order valence-electron chi connectivity index (χ3n) is 6.04. The Bertz CT molecular complexity index is 1010. The van der Waals surface area contributed by atoms with Crippen molar-refractivity contribution in [2.75, 3.05) is 13.7 Å². The van der Waals surface area contributed by atoms with E-state index in [-0.39, 0.29) is 35.5 Å². The van der Waals surface area contributed by atoms with E-state index in [1.54, 1.807) is 13.0 Å². The molecule has 170 valence electrons. The van der Waals surface area contributed by atoms with Gasteiger partial charge in [-0.15, -0.1) is 0 Å². The van der Waals surface area contributed by atoms with Crippen LogP contribution in [0.3, 0.4) is 0 Å². The van der Waals surface area contributed by atoms with E-state index < -0.39 is 12.1 Å². The molecule has 2 aliphatic carbocycles. The van der Waals surface area contributed by atoms with E-state index in [9.17, 15) is 14.4 Å². The van der Waals surface area contributed by atoms with Gasteiger partial charge in [0.1, 0.15) is 0 Å². The topological polar surface area (TPSA) is 94.5 Å². The van der Waals surface area contributed by atoms with Gasteiger partial charge < -0.3 is 14.2 Å². The Balaban J connectivity index is 1.61. The van der Waals surface area contributed by atoms with Crippen molar-refractivity contribution in [1.29, 1.82) is 0 Å². The molecule has 0 unspecified atom stereocenters. The highest BCUT2D eigenvalue weighted by Crippen LogP contribution is 2.52. The maximum atomic E-state index is 12.8. The van der Waals surface area contributed by atoms with Crippen LogP contribution in [0.2, 0.25) is 0 Å². The van der Waals surface area contributed by atoms with E-state index in [2.05, 4.69) is 37.0 Å². The van der Waals surface area contributed by atoms with Gasteiger partial charge >= 0.3 is 5.97 Å². The molecule has 2 bridgehead atoms. The molecule has 5 atom stereocenters. The number of rotatable bonds is 7. The first-order valence-electron chi connectivity index (χ1n) is 10.3. The van der Waals surface area contributed by atoms with E-state index >= 15 is 0 Å². The molecule has 2 fully saturated rings. The number of nitrogens with zero attached hydrogens (tertiary/aromatic N) is 2. The zero-order chi connectivity index (χ0) is 23.2. The summed E-state index contributed by atoms with van der Waals surface area (Å²) < 4.78 is 17.2. The number of halogens is 2. The number of hydrazone groups is 1. The van der Waals surface area contributed by atoms with Gasteiger partial charge in [0.2, 0.25) is 0 Å². The average molecular weight is 570 g/mol. The molecule has 1 saturated heterocycles. The lowest BCUT2D eigenvalue weighted by atomic mass is 9.85. The third-order valence-corrected chi connectivity index (χ3v) is 8.19. The fourth-order valence-electron chi connectivity index (χ4n) is 4.58. The second kappa shape index (κ2) is 8.97. The third kappa shape index (κ3) is 3.77. The lowest BCUT2D eigenvalue weighted by Gasteiger charge is -2.19. The van der Waals surface area contributed by atoms with Gasteiger partial charge in [0.05, 0.1) is 36.2 Å². The zero-order valence-electron chi connectivity index (χ0n) is 17.7. The van der Waals surface area contributed by atoms with Crippen molar-refractivity contribution >= 4 is 55.9 Å². The second-order valence-electron chi connectivity index (χ2n) is 7.87. The first-order chi connectivity index (χ1) is 15.3. The predicted molar refractivity (Wildman–Crippen MR) is 122 cm³/mol. The lowest BCUT2D eigenvalue weighted by Crippen LogP contribution is -2.28. The number of allylic oxidation sites excluding steroid dienone is 2. The standard InChI is InChI=1S/C22H22Br2N2O6/c1-4-31-14-8-13(17(23)18(24)19(14)32-10(2)22(29)30-3)9-25-26-20(27)15-11-5-6-12(7-11)16(15)21(26)28/h5-6,8-12,15-16H,4,7H2,1-3H3/t10-,11-,12-,15-,16+/m0/s1. The first-order valence-corrected chi connectivity index (χ1v) is 11.9. The van der Waals surface area contributed by atoms with Crippen molar-refractivity contribution in [1.82, 2.24) is 5.01 Å². The Morgan fingerprint density at radius 3 is 2.41 bits per heavy atom. The van der Waals surface area contributed by atoms with E-state index in [4.69, 9.17) is 14.2 Å². The number of hydrogen-bond donors (Lipinski definition) is 0. The fraction of sp³-hybridized carbons (Fsp3) is 0.455. The molecule has 8 nitrogen and oxygen atoms in total. The van der Waals surface area contributed by atoms with Crippen LogP contribution in [0.25, 0.3) is 0 Å². The Morgan fingerprint density at radius 1 is 1.22 bits per heavy atom. The highest BCUT2D eigenvalue weighted by Gasteiger charge is 2.59. The lowest BCUT2D eigenvalue weighted by molar-refractivity contribution is -0.148. The molecule has 0 N–H and O–H groups in total. The molecule has 1 saturated carbocycles. The van der Waals surface area contributed by atoms with Gasteiger partial charge in [-0.1, -0.05) is 12.2 Å². The minimum Gasteiger partial charge on any atom is -0.490 e. The van der Waals surface area contributed by atoms with Crippen LogP contribution in [0.4, 0.5) is 0 Å². The summed E-state index contributed by atoms with van der Waals surface area (Å²) in [6.07, 6.45) is 5.54. The second-order valence-corrected chi connectivity index (χ2v) is 9.46. The number of imide groups is 1. The first kappa shape index (κ1) is 23.0. The Kier molecular flexibility index (Phi) is 6.44. The van der Waals surface area contributed by atoms with E-state index in [0.29, 0.717) is 32.6 Å². The molecule has 1 aliphatic heterocycles. The van der Waals surface area contributed by atoms with Crippen LogP contribution in [-0.2, 0) is 19.1 Å². The molecule has 3 aliphatic rings. The number of hydrogen-bond acceptors (Lipinski definition) is 7. The molecule has 0 spiro atoms. The van der Waals surface area contributed by atoms with Gasteiger partial charge in [0.15, 0.2) is 17.6 Å². The maximum Gasteiger partial charge on any atom is 0.346 e. The van der Waals surface area contributed by atoms with Crippen LogP contribution in [0.15, 0.2) is 32.3 Å². The summed E-state index contributed by atoms with van der Waals surface area (Å²) in [5, 5.41) is 5.22. The molecule has 1 heterocycles. The molecule has 2 amide bonds. The number of fused-ring (bicyclic) bond motifs is 5. The van der Waals surface area contributed by atoms with Gasteiger partial charge in [-0.2, -0.15) is 10.1 Å². The average Bonchev–Trinajstić information content (AvgIpc) is 3.46. The number of amides is 2. The summed E-state index contributed by atoms with van der Waals surface area (Å²) in [7, 11) is 1.28. The summed E-state index contributed by atoms with van der Waals surface area (Å²) >= 11 is 6.96. The van der Waals surface area contributed by atoms with E-state index in [1.165, 1.54) is 13.3 Å². The normalized spacial score (nSPS) is 26.7. The monoisotopic (exact) mass is 568 g/mol. The van der Waals surface area contributed by atoms with Crippen LogP contribution in [-0.4, -0.2) is 48.8 Å². The van der Waals surface area contributed by atoms with Gasteiger partial charge in [-0.3, -0.25) is 9.59 Å². The summed E-state index contributed by atoms with van der Waals surface area (Å²) in [4.78, 5) is 37.5. The van der Waals surface area contributed by atoms with Gasteiger partial charge in [0.25, 0.3) is 11.8 Å². The molecule has 4 rings (SSSR count). The molecular formula is C22H22Br2N2O6. The number of carbonyl (C=O) groups is 3. The highest BCUT2D eigenvalue weighted by atomic mass is 79.9.